The van der Waals surface area contributed by atoms with Crippen LogP contribution in [0.1, 0.15) is 17.9 Å². The Morgan fingerprint density at radius 1 is 1.35 bits per heavy atom. The van der Waals surface area contributed by atoms with Gasteiger partial charge in [0.2, 0.25) is 0 Å². The van der Waals surface area contributed by atoms with Crippen LogP contribution in [-0.4, -0.2) is 38.8 Å². The molecule has 0 aliphatic heterocycles. The van der Waals surface area contributed by atoms with Gasteiger partial charge in [0.15, 0.2) is 0 Å². The van der Waals surface area contributed by atoms with Crippen molar-refractivity contribution < 1.29 is 4.74 Å². The maximum atomic E-state index is 9.20. The molecular formula is C14H20N2O. The molecule has 0 aliphatic rings. The van der Waals surface area contributed by atoms with Crippen LogP contribution in [0.2, 0.25) is 0 Å². The van der Waals surface area contributed by atoms with Gasteiger partial charge >= 0.3 is 0 Å². The van der Waals surface area contributed by atoms with Crippen molar-refractivity contribution in [3.05, 3.63) is 35.9 Å². The predicted molar refractivity (Wildman–Crippen MR) is 68.8 cm³/mol. The lowest BCUT2D eigenvalue weighted by Crippen LogP contribution is -2.25. The normalized spacial score (nSPS) is 12.4. The minimum absolute atomic E-state index is 0.0521. The van der Waals surface area contributed by atoms with Crippen molar-refractivity contribution in [2.45, 2.75) is 12.3 Å². The molecule has 0 radical (unpaired) electrons. The van der Waals surface area contributed by atoms with Crippen LogP contribution in [0.3, 0.4) is 0 Å². The van der Waals surface area contributed by atoms with E-state index in [1.165, 1.54) is 0 Å². The molecule has 0 aromatic heterocycles. The molecule has 17 heavy (non-hydrogen) atoms. The molecule has 3 nitrogen and oxygen atoms in total. The Hall–Kier alpha value is -1.37. The van der Waals surface area contributed by atoms with Crippen LogP contribution in [0, 0.1) is 11.3 Å². The van der Waals surface area contributed by atoms with Crippen molar-refractivity contribution in [3.63, 3.8) is 0 Å². The average molecular weight is 232 g/mol. The number of ether oxygens (including phenoxy) is 1. The Bertz CT molecular complexity index is 345. The van der Waals surface area contributed by atoms with Crippen LogP contribution >= 0.6 is 0 Å². The molecule has 0 heterocycles. The van der Waals surface area contributed by atoms with Crippen molar-refractivity contribution in [3.8, 4) is 6.07 Å². The lowest BCUT2D eigenvalue weighted by molar-refractivity contribution is 0.179. The second kappa shape index (κ2) is 7.83. The minimum atomic E-state index is -0.0521. The SMILES string of the molecule is COCCCN(C)CC(C#N)c1ccccc1. The summed E-state index contributed by atoms with van der Waals surface area (Å²) in [4.78, 5) is 2.18. The van der Waals surface area contributed by atoms with E-state index in [9.17, 15) is 5.26 Å². The lowest BCUT2D eigenvalue weighted by atomic mass is 10.0. The Morgan fingerprint density at radius 2 is 2.06 bits per heavy atom. The van der Waals surface area contributed by atoms with Gasteiger partial charge in [-0.25, -0.2) is 0 Å². The molecule has 0 saturated heterocycles. The minimum Gasteiger partial charge on any atom is -0.385 e. The van der Waals surface area contributed by atoms with Gasteiger partial charge in [-0.05, 0) is 19.0 Å². The zero-order valence-corrected chi connectivity index (χ0v) is 10.6. The van der Waals surface area contributed by atoms with Crippen molar-refractivity contribution >= 4 is 0 Å². The molecule has 0 saturated carbocycles. The number of nitrogens with zero attached hydrogens (tertiary/aromatic N) is 2. The van der Waals surface area contributed by atoms with E-state index in [-0.39, 0.29) is 5.92 Å². The van der Waals surface area contributed by atoms with Crippen molar-refractivity contribution in [2.24, 2.45) is 0 Å². The third-order valence-corrected chi connectivity index (χ3v) is 2.74. The predicted octanol–water partition coefficient (Wildman–Crippen LogP) is 2.26. The van der Waals surface area contributed by atoms with Gasteiger partial charge < -0.3 is 9.64 Å². The van der Waals surface area contributed by atoms with Gasteiger partial charge in [-0.3, -0.25) is 0 Å². The number of benzene rings is 1. The molecule has 1 aromatic rings. The number of nitriles is 1. The van der Waals surface area contributed by atoms with Crippen LogP contribution < -0.4 is 0 Å². The van der Waals surface area contributed by atoms with E-state index in [0.29, 0.717) is 0 Å². The first-order chi connectivity index (χ1) is 8.27. The molecule has 1 atom stereocenters. The zero-order chi connectivity index (χ0) is 12.5. The smallest absolute Gasteiger partial charge is 0.0839 e. The van der Waals surface area contributed by atoms with Crippen molar-refractivity contribution in [1.82, 2.24) is 4.90 Å². The molecule has 0 bridgehead atoms. The van der Waals surface area contributed by atoms with Crippen molar-refractivity contribution in [1.29, 1.82) is 5.26 Å². The maximum Gasteiger partial charge on any atom is 0.0839 e. The molecular weight excluding hydrogens is 212 g/mol. The monoisotopic (exact) mass is 232 g/mol. The molecule has 1 unspecified atom stereocenters. The average Bonchev–Trinajstić information content (AvgIpc) is 2.37. The maximum absolute atomic E-state index is 9.20. The van der Waals surface area contributed by atoms with Crippen molar-refractivity contribution in [2.75, 3.05) is 33.9 Å². The van der Waals surface area contributed by atoms with E-state index in [2.05, 4.69) is 11.0 Å². The number of hydrogen-bond donors (Lipinski definition) is 0. The summed E-state index contributed by atoms with van der Waals surface area (Å²) < 4.78 is 5.02. The fourth-order valence-electron chi connectivity index (χ4n) is 1.79. The van der Waals surface area contributed by atoms with E-state index in [4.69, 9.17) is 4.74 Å². The largest absolute Gasteiger partial charge is 0.385 e. The highest BCUT2D eigenvalue weighted by Crippen LogP contribution is 2.15. The molecule has 3 heteroatoms. The highest BCUT2D eigenvalue weighted by molar-refractivity contribution is 5.24. The quantitative estimate of drug-likeness (QED) is 0.677. The molecule has 0 spiro atoms. The number of methoxy groups -OCH3 is 1. The van der Waals surface area contributed by atoms with E-state index < -0.39 is 0 Å². The first-order valence-electron chi connectivity index (χ1n) is 5.90. The van der Waals surface area contributed by atoms with E-state index in [0.717, 1.165) is 31.7 Å². The molecule has 0 fully saturated rings. The molecule has 0 aliphatic carbocycles. The van der Waals surface area contributed by atoms with E-state index >= 15 is 0 Å². The second-order valence-corrected chi connectivity index (χ2v) is 4.20. The Labute approximate surface area is 104 Å². The lowest BCUT2D eigenvalue weighted by Gasteiger charge is -2.19. The number of rotatable bonds is 7. The summed E-state index contributed by atoms with van der Waals surface area (Å²) in [5.41, 5.74) is 1.09. The van der Waals surface area contributed by atoms with Crippen LogP contribution in [0.4, 0.5) is 0 Å². The first-order valence-corrected chi connectivity index (χ1v) is 5.90. The summed E-state index contributed by atoms with van der Waals surface area (Å²) in [6, 6.07) is 12.3. The molecule has 92 valence electrons. The van der Waals surface area contributed by atoms with Crippen LogP contribution in [-0.2, 0) is 4.74 Å². The van der Waals surface area contributed by atoms with E-state index in [1.807, 2.05) is 37.4 Å². The van der Waals surface area contributed by atoms with Gasteiger partial charge in [0, 0.05) is 26.8 Å². The Morgan fingerprint density at radius 3 is 2.65 bits per heavy atom. The first kappa shape index (κ1) is 13.7. The van der Waals surface area contributed by atoms with Crippen LogP contribution in [0.15, 0.2) is 30.3 Å². The number of likely N-dealkylation sites (N-methyl/N-ethyl adjacent to an activating group) is 1. The molecule has 0 N–H and O–H groups in total. The Balaban J connectivity index is 2.45. The van der Waals surface area contributed by atoms with Crippen LogP contribution in [0.5, 0.6) is 0 Å². The fraction of sp³-hybridized carbons (Fsp3) is 0.500. The summed E-state index contributed by atoms with van der Waals surface area (Å²) in [6.07, 6.45) is 1.000. The molecule has 0 amide bonds. The summed E-state index contributed by atoms with van der Waals surface area (Å²) in [5, 5.41) is 9.20. The topological polar surface area (TPSA) is 36.3 Å². The van der Waals surface area contributed by atoms with Gasteiger partial charge in [0.05, 0.1) is 12.0 Å². The second-order valence-electron chi connectivity index (χ2n) is 4.20. The van der Waals surface area contributed by atoms with Gasteiger partial charge in [0.25, 0.3) is 0 Å². The summed E-state index contributed by atoms with van der Waals surface area (Å²) in [5.74, 6) is -0.0521. The van der Waals surface area contributed by atoms with Gasteiger partial charge in [-0.1, -0.05) is 30.3 Å². The fourth-order valence-corrected chi connectivity index (χ4v) is 1.79. The van der Waals surface area contributed by atoms with Gasteiger partial charge in [0.1, 0.15) is 0 Å². The molecule has 1 aromatic carbocycles. The van der Waals surface area contributed by atoms with Crippen LogP contribution in [0.25, 0.3) is 0 Å². The third-order valence-electron chi connectivity index (χ3n) is 2.74. The van der Waals surface area contributed by atoms with E-state index in [1.54, 1.807) is 7.11 Å². The Kier molecular flexibility index (Phi) is 6.31. The number of hydrogen-bond acceptors (Lipinski definition) is 3. The van der Waals surface area contributed by atoms with Gasteiger partial charge in [-0.15, -0.1) is 0 Å². The summed E-state index contributed by atoms with van der Waals surface area (Å²) >= 11 is 0. The zero-order valence-electron chi connectivity index (χ0n) is 10.6. The summed E-state index contributed by atoms with van der Waals surface area (Å²) in [7, 11) is 3.75. The summed E-state index contributed by atoms with van der Waals surface area (Å²) in [6.45, 7) is 2.50. The molecule has 1 rings (SSSR count). The standard InChI is InChI=1S/C14H20N2O/c1-16(9-6-10-17-2)12-14(11-15)13-7-4-3-5-8-13/h3-5,7-8,14H,6,9-10,12H2,1-2H3. The highest BCUT2D eigenvalue weighted by Gasteiger charge is 2.12. The highest BCUT2D eigenvalue weighted by atomic mass is 16.5. The van der Waals surface area contributed by atoms with Gasteiger partial charge in [-0.2, -0.15) is 5.26 Å². The third kappa shape index (κ3) is 4.99.